The summed E-state index contributed by atoms with van der Waals surface area (Å²) in [5, 5.41) is 9.80. The van der Waals surface area contributed by atoms with Crippen molar-refractivity contribution < 1.29 is 10.0 Å². The molecule has 0 radical (unpaired) electrons. The lowest BCUT2D eigenvalue weighted by Gasteiger charge is -2.18. The minimum absolute atomic E-state index is 0.183. The van der Waals surface area contributed by atoms with Crippen molar-refractivity contribution in [2.45, 2.75) is 19.8 Å². The van der Waals surface area contributed by atoms with E-state index >= 15 is 0 Å². The van der Waals surface area contributed by atoms with Crippen molar-refractivity contribution in [2.75, 3.05) is 6.54 Å². The van der Waals surface area contributed by atoms with Crippen molar-refractivity contribution in [3.05, 3.63) is 12.7 Å². The molecule has 11 heavy (non-hydrogen) atoms. The van der Waals surface area contributed by atoms with E-state index in [9.17, 15) is 4.79 Å². The molecule has 1 unspecified atom stereocenters. The van der Waals surface area contributed by atoms with Gasteiger partial charge in [-0.05, 0) is 12.8 Å². The highest BCUT2D eigenvalue weighted by molar-refractivity contribution is 5.83. The molecule has 3 nitrogen and oxygen atoms in total. The van der Waals surface area contributed by atoms with Crippen LogP contribution in [0.5, 0.6) is 0 Å². The number of hydrogen-bond donors (Lipinski definition) is 1. The standard InChI is InChI=1S/C8H13NO2/c1-3-4-8(2)5-6-9(11)7(8)10/h3,11H,1,4-6H2,2H3. The second-order valence-electron chi connectivity index (χ2n) is 3.23. The van der Waals surface area contributed by atoms with E-state index in [1.165, 1.54) is 0 Å². The van der Waals surface area contributed by atoms with Crippen LogP contribution in [-0.4, -0.2) is 22.7 Å². The highest BCUT2D eigenvalue weighted by Crippen LogP contribution is 2.33. The summed E-state index contributed by atoms with van der Waals surface area (Å²) in [6, 6.07) is 0. The van der Waals surface area contributed by atoms with Gasteiger partial charge in [0.25, 0.3) is 5.91 Å². The molecule has 0 aromatic rings. The molecule has 1 atom stereocenters. The maximum atomic E-state index is 11.2. The van der Waals surface area contributed by atoms with Gasteiger partial charge in [-0.15, -0.1) is 6.58 Å². The van der Waals surface area contributed by atoms with Gasteiger partial charge in [0.1, 0.15) is 0 Å². The predicted molar refractivity (Wildman–Crippen MR) is 41.0 cm³/mol. The number of allylic oxidation sites excluding steroid dienone is 1. The van der Waals surface area contributed by atoms with Gasteiger partial charge in [0.15, 0.2) is 0 Å². The number of nitrogens with zero attached hydrogens (tertiary/aromatic N) is 1. The Balaban J connectivity index is 2.72. The highest BCUT2D eigenvalue weighted by Gasteiger charge is 2.41. The van der Waals surface area contributed by atoms with E-state index in [2.05, 4.69) is 6.58 Å². The fraction of sp³-hybridized carbons (Fsp3) is 0.625. The van der Waals surface area contributed by atoms with Gasteiger partial charge in [-0.25, -0.2) is 5.06 Å². The Labute approximate surface area is 66.3 Å². The first-order chi connectivity index (χ1) is 5.10. The minimum atomic E-state index is -0.406. The van der Waals surface area contributed by atoms with Gasteiger partial charge >= 0.3 is 0 Å². The van der Waals surface area contributed by atoms with E-state index in [0.29, 0.717) is 19.4 Å². The van der Waals surface area contributed by atoms with E-state index in [4.69, 9.17) is 5.21 Å². The second-order valence-corrected chi connectivity index (χ2v) is 3.23. The summed E-state index contributed by atoms with van der Waals surface area (Å²) in [6.07, 6.45) is 3.08. The molecule has 1 heterocycles. The van der Waals surface area contributed by atoms with Gasteiger partial charge in [0.05, 0.1) is 5.41 Å². The predicted octanol–water partition coefficient (Wildman–Crippen LogP) is 1.19. The molecule has 62 valence electrons. The molecular weight excluding hydrogens is 142 g/mol. The van der Waals surface area contributed by atoms with Gasteiger partial charge < -0.3 is 0 Å². The van der Waals surface area contributed by atoms with E-state index in [0.717, 1.165) is 5.06 Å². The van der Waals surface area contributed by atoms with E-state index in [-0.39, 0.29) is 5.91 Å². The molecule has 1 rings (SSSR count). The zero-order valence-corrected chi connectivity index (χ0v) is 6.71. The number of amides is 1. The lowest BCUT2D eigenvalue weighted by atomic mass is 9.85. The Morgan fingerprint density at radius 2 is 2.55 bits per heavy atom. The average molecular weight is 155 g/mol. The molecule has 1 N–H and O–H groups in total. The summed E-state index contributed by atoms with van der Waals surface area (Å²) in [7, 11) is 0. The summed E-state index contributed by atoms with van der Waals surface area (Å²) in [5.41, 5.74) is -0.406. The maximum Gasteiger partial charge on any atom is 0.252 e. The summed E-state index contributed by atoms with van der Waals surface area (Å²) in [4.78, 5) is 11.2. The Kier molecular flexibility index (Phi) is 2.00. The van der Waals surface area contributed by atoms with E-state index in [1.54, 1.807) is 6.08 Å². The molecule has 1 aliphatic rings. The third kappa shape index (κ3) is 1.28. The van der Waals surface area contributed by atoms with Gasteiger partial charge in [0.2, 0.25) is 0 Å². The topological polar surface area (TPSA) is 40.5 Å². The SMILES string of the molecule is C=CCC1(C)CCN(O)C1=O. The second kappa shape index (κ2) is 2.66. The van der Waals surface area contributed by atoms with Crippen LogP contribution >= 0.6 is 0 Å². The molecule has 0 bridgehead atoms. The van der Waals surface area contributed by atoms with Crippen LogP contribution in [0.3, 0.4) is 0 Å². The summed E-state index contributed by atoms with van der Waals surface area (Å²) in [5.74, 6) is -0.183. The third-order valence-electron chi connectivity index (χ3n) is 2.22. The van der Waals surface area contributed by atoms with Crippen LogP contribution in [0.1, 0.15) is 19.8 Å². The van der Waals surface area contributed by atoms with Crippen molar-refractivity contribution in [1.29, 1.82) is 0 Å². The molecule has 1 aliphatic heterocycles. The zero-order chi connectivity index (χ0) is 8.48. The maximum absolute atomic E-state index is 11.2. The molecule has 0 aromatic heterocycles. The molecular formula is C8H13NO2. The van der Waals surface area contributed by atoms with Crippen LogP contribution in [0.2, 0.25) is 0 Å². The monoisotopic (exact) mass is 155 g/mol. The lowest BCUT2D eigenvalue weighted by molar-refractivity contribution is -0.163. The van der Waals surface area contributed by atoms with Crippen molar-refractivity contribution >= 4 is 5.91 Å². The van der Waals surface area contributed by atoms with Crippen LogP contribution in [0, 0.1) is 5.41 Å². The van der Waals surface area contributed by atoms with Crippen LogP contribution in [0.15, 0.2) is 12.7 Å². The summed E-state index contributed by atoms with van der Waals surface area (Å²) >= 11 is 0. The van der Waals surface area contributed by atoms with Crippen LogP contribution < -0.4 is 0 Å². The van der Waals surface area contributed by atoms with Crippen molar-refractivity contribution in [2.24, 2.45) is 5.41 Å². The normalized spacial score (nSPS) is 31.1. The van der Waals surface area contributed by atoms with E-state index in [1.807, 2.05) is 6.92 Å². The van der Waals surface area contributed by atoms with Crippen molar-refractivity contribution in [1.82, 2.24) is 5.06 Å². The number of carbonyl (C=O) groups excluding carboxylic acids is 1. The zero-order valence-electron chi connectivity index (χ0n) is 6.71. The molecule has 0 aliphatic carbocycles. The largest absolute Gasteiger partial charge is 0.286 e. The minimum Gasteiger partial charge on any atom is -0.286 e. The quantitative estimate of drug-likeness (QED) is 0.480. The molecule has 1 saturated heterocycles. The Morgan fingerprint density at radius 1 is 1.91 bits per heavy atom. The molecule has 0 spiro atoms. The number of hydrogen-bond acceptors (Lipinski definition) is 2. The number of hydroxylamine groups is 2. The van der Waals surface area contributed by atoms with Crippen LogP contribution in [0.4, 0.5) is 0 Å². The average Bonchev–Trinajstić information content (AvgIpc) is 2.19. The number of rotatable bonds is 2. The lowest BCUT2D eigenvalue weighted by Crippen LogP contribution is -2.29. The third-order valence-corrected chi connectivity index (χ3v) is 2.22. The fourth-order valence-corrected chi connectivity index (χ4v) is 1.38. The van der Waals surface area contributed by atoms with E-state index < -0.39 is 5.41 Å². The molecule has 3 heteroatoms. The Morgan fingerprint density at radius 3 is 2.91 bits per heavy atom. The van der Waals surface area contributed by atoms with Crippen molar-refractivity contribution in [3.63, 3.8) is 0 Å². The van der Waals surface area contributed by atoms with Gasteiger partial charge in [-0.3, -0.25) is 10.0 Å². The smallest absolute Gasteiger partial charge is 0.252 e. The van der Waals surface area contributed by atoms with Gasteiger partial charge in [0, 0.05) is 6.54 Å². The highest BCUT2D eigenvalue weighted by atomic mass is 16.5. The van der Waals surface area contributed by atoms with Crippen LogP contribution in [0.25, 0.3) is 0 Å². The first-order valence-electron chi connectivity index (χ1n) is 3.72. The molecule has 0 saturated carbocycles. The summed E-state index contributed by atoms with van der Waals surface area (Å²) < 4.78 is 0. The molecule has 1 fully saturated rings. The number of carbonyl (C=O) groups is 1. The Hall–Kier alpha value is -0.830. The molecule has 0 aromatic carbocycles. The summed E-state index contributed by atoms with van der Waals surface area (Å²) in [6.45, 7) is 5.88. The van der Waals surface area contributed by atoms with Gasteiger partial charge in [-0.2, -0.15) is 0 Å². The molecule has 1 amide bonds. The van der Waals surface area contributed by atoms with Crippen molar-refractivity contribution in [3.8, 4) is 0 Å². The first kappa shape index (κ1) is 8.27. The first-order valence-corrected chi connectivity index (χ1v) is 3.72. The fourth-order valence-electron chi connectivity index (χ4n) is 1.38. The Bertz CT molecular complexity index is 191. The van der Waals surface area contributed by atoms with Crippen LogP contribution in [-0.2, 0) is 4.79 Å². The van der Waals surface area contributed by atoms with Gasteiger partial charge in [-0.1, -0.05) is 13.0 Å².